The molecular formula is C105H96BrClN20O12. The number of aryl methyl sites for hydroxylation is 2. The summed E-state index contributed by atoms with van der Waals surface area (Å²) in [5.41, 5.74) is 12.3. The number of benzene rings is 10. The van der Waals surface area contributed by atoms with E-state index in [2.05, 4.69) is 145 Å². The molecule has 0 aliphatic heterocycles. The van der Waals surface area contributed by atoms with Crippen molar-refractivity contribution < 1.29 is 33.2 Å². The highest BCUT2D eigenvalue weighted by atomic mass is 79.9. The van der Waals surface area contributed by atoms with Crippen LogP contribution in [0.5, 0.6) is 34.5 Å². The Bertz CT molecular complexity index is 7930. The topological polar surface area (TPSA) is 388 Å². The fourth-order valence-electron chi connectivity index (χ4n) is 14.4. The number of fused-ring (bicyclic) bond motifs is 5. The van der Waals surface area contributed by atoms with Crippen LogP contribution in [0, 0.1) is 20.8 Å². The Morgan fingerprint density at radius 2 is 0.626 bits per heavy atom. The maximum absolute atomic E-state index is 12.5. The average molecular weight is 1950 g/mol. The van der Waals surface area contributed by atoms with Crippen LogP contribution < -0.4 is 56.2 Å². The molecule has 0 saturated carbocycles. The van der Waals surface area contributed by atoms with Crippen LogP contribution in [0.25, 0.3) is 85.8 Å². The van der Waals surface area contributed by atoms with Gasteiger partial charge in [0.05, 0.1) is 45.1 Å². The van der Waals surface area contributed by atoms with E-state index in [1.807, 2.05) is 245 Å². The van der Waals surface area contributed by atoms with E-state index in [1.54, 1.807) is 12.1 Å². The molecule has 0 aliphatic rings. The second-order valence-corrected chi connectivity index (χ2v) is 35.6. The molecule has 20 aromatic rings. The van der Waals surface area contributed by atoms with Gasteiger partial charge in [-0.3, -0.25) is 54.3 Å². The van der Waals surface area contributed by atoms with E-state index >= 15 is 0 Å². The molecule has 0 spiro atoms. The van der Waals surface area contributed by atoms with Crippen molar-refractivity contribution in [2.75, 3.05) is 7.11 Å². The quantitative estimate of drug-likeness (QED) is 0.0397. The van der Waals surface area contributed by atoms with Crippen molar-refractivity contribution in [2.45, 2.75) is 120 Å². The molecule has 0 radical (unpaired) electrons. The molecule has 0 amide bonds. The number of hydrogen-bond acceptors (Lipinski definition) is 22. The zero-order valence-corrected chi connectivity index (χ0v) is 80.0. The highest BCUT2D eigenvalue weighted by molar-refractivity contribution is 9.10. The zero-order chi connectivity index (χ0) is 97.6. The minimum absolute atomic E-state index is 0.000142. The number of nitrogens with zero attached hydrogens (tertiary/aromatic N) is 15. The number of halogens is 2. The Labute approximate surface area is 808 Å². The molecule has 0 unspecified atom stereocenters. The lowest BCUT2D eigenvalue weighted by atomic mass is 9.86. The summed E-state index contributed by atoms with van der Waals surface area (Å²) in [5, 5.41) is 15.4. The summed E-state index contributed by atoms with van der Waals surface area (Å²) in [6, 6.07) is 85.8. The molecule has 139 heavy (non-hydrogen) atoms. The number of methoxy groups -OCH3 is 1. The fraction of sp³-hybridized carbons (Fsp3) is 0.181. The lowest BCUT2D eigenvalue weighted by Gasteiger charge is -2.20. The second-order valence-electron chi connectivity index (χ2n) is 34.4. The van der Waals surface area contributed by atoms with Crippen molar-refractivity contribution in [1.82, 2.24) is 97.9 Å². The molecular weight excluding hydrogens is 1850 g/mol. The maximum atomic E-state index is 12.5. The van der Waals surface area contributed by atoms with Crippen LogP contribution in [0.1, 0.15) is 110 Å². The van der Waals surface area contributed by atoms with E-state index in [4.69, 9.17) is 40.0 Å². The third kappa shape index (κ3) is 23.6. The Kier molecular flexibility index (Phi) is 29.1. The molecule has 10 heterocycles. The van der Waals surface area contributed by atoms with E-state index in [-0.39, 0.29) is 83.2 Å². The summed E-state index contributed by atoms with van der Waals surface area (Å²) in [4.78, 5) is 118. The van der Waals surface area contributed by atoms with E-state index in [9.17, 15) is 28.8 Å². The van der Waals surface area contributed by atoms with Crippen molar-refractivity contribution in [3.63, 3.8) is 0 Å². The molecule has 10 aromatic heterocycles. The molecule has 5 N–H and O–H groups in total. The number of carbonyl (C=O) groups excluding carboxylic acids is 1. The Hall–Kier alpha value is -16.8. The van der Waals surface area contributed by atoms with Crippen molar-refractivity contribution in [1.29, 1.82) is 0 Å². The van der Waals surface area contributed by atoms with Crippen molar-refractivity contribution in [3.8, 4) is 91.4 Å². The third-order valence-corrected chi connectivity index (χ3v) is 22.9. The highest BCUT2D eigenvalue weighted by Gasteiger charge is 2.22. The number of rotatable bonds is 23. The first-order valence-electron chi connectivity index (χ1n) is 44.2. The fourth-order valence-corrected chi connectivity index (χ4v) is 15.1. The molecule has 20 rings (SSSR count). The van der Waals surface area contributed by atoms with Crippen molar-refractivity contribution in [2.24, 2.45) is 0 Å². The van der Waals surface area contributed by atoms with Gasteiger partial charge >= 0.3 is 0 Å². The zero-order valence-electron chi connectivity index (χ0n) is 77.7. The number of hydrogen-bond donors (Lipinski definition) is 5. The molecule has 0 fully saturated rings. The number of ketones is 1. The van der Waals surface area contributed by atoms with Gasteiger partial charge in [-0.25, -0.2) is 24.9 Å². The Balaban J connectivity index is 0.000000126. The molecule has 0 bridgehead atoms. The monoisotopic (exact) mass is 1940 g/mol. The number of ether oxygens (including phenoxy) is 6. The molecule has 10 aromatic carbocycles. The van der Waals surface area contributed by atoms with Gasteiger partial charge in [-0.1, -0.05) is 253 Å². The van der Waals surface area contributed by atoms with Crippen LogP contribution in [0.4, 0.5) is 0 Å². The number of Topliss-reactive ketones (excluding diaryl/α,β-unsaturated/α-hetero) is 1. The number of para-hydroxylation sites is 1. The highest BCUT2D eigenvalue weighted by Crippen LogP contribution is 2.35. The van der Waals surface area contributed by atoms with Crippen molar-refractivity contribution >= 4 is 62.2 Å². The standard InChI is InChI=1S/C23H24N4O2.C22H21ClN4O2.C22H20N4O4.C20H18N4O2.C18H13BrN4O2/c1-15-12-17(23(2,3)4)10-11-19(15)29-14-18-13-20(28)27-22(24-18)25-21(26-27)16-8-6-5-7-9-16;1-22(2,3)15-9-10-18(17(23)11-15)29-13-16-12-19(28)27-21(24-16)25-20(26-27)14-7-5-4-6-8-14;1-14(27)10-15-8-9-18(19(11-15)29-2)30-13-17-12-20(28)26-22(23-17)24-21(25-26)16-6-4-3-5-7-16;1-13-7-6-10-17(14(13)2)26-12-16-11-18(25)24-20(21-16)22-19(23-24)15-8-4-3-5-9-15;19-14-8-4-5-9-15(14)25-11-13-10-16(24)23-18(20-13)21-17(22-23)12-6-2-1-3-7-12/h5-13H,14H2,1-4H3,(H,24,25,26);4-12H,13H2,1-3H3,(H,24,25,26);3-9,11-12H,10,13H2,1-2H3,(H,23,24,25);3-11H,12H2,1-2H3,(H,21,22,23);1-10H,11H2,(H,20,21,22). The van der Waals surface area contributed by atoms with Crippen LogP contribution in [0.3, 0.4) is 0 Å². The normalized spacial score (nSPS) is 11.3. The maximum Gasteiger partial charge on any atom is 0.274 e. The van der Waals surface area contributed by atoms with Crippen LogP contribution in [-0.4, -0.2) is 111 Å². The molecule has 0 saturated heterocycles. The van der Waals surface area contributed by atoms with Gasteiger partial charge in [0.25, 0.3) is 56.7 Å². The van der Waals surface area contributed by atoms with Crippen LogP contribution in [0.15, 0.2) is 307 Å². The van der Waals surface area contributed by atoms with Crippen LogP contribution in [-0.2, 0) is 55.1 Å². The summed E-state index contributed by atoms with van der Waals surface area (Å²) in [7, 11) is 1.53. The molecule has 702 valence electrons. The first-order valence-corrected chi connectivity index (χ1v) is 45.4. The minimum Gasteiger partial charge on any atom is -0.493 e. The van der Waals surface area contributed by atoms with Crippen LogP contribution in [0.2, 0.25) is 5.02 Å². The number of aromatic nitrogens is 20. The van der Waals surface area contributed by atoms with Gasteiger partial charge in [-0.05, 0) is 136 Å². The van der Waals surface area contributed by atoms with Gasteiger partial charge in [0.2, 0.25) is 0 Å². The summed E-state index contributed by atoms with van der Waals surface area (Å²) in [6.45, 7) is 21.3. The van der Waals surface area contributed by atoms with Gasteiger partial charge in [0.15, 0.2) is 40.6 Å². The summed E-state index contributed by atoms with van der Waals surface area (Å²) in [6.07, 6.45) is 0.328. The molecule has 34 heteroatoms. The SMILES string of the molecule is CC(C)(C)c1ccc(OCc2cc(=O)n3[nH]c(-c4ccccc4)nc3n2)c(Cl)c1.COc1cc(CC(C)=O)ccc1OCc1cc(=O)n2[nH]c(-c3ccccc3)nc2n1.Cc1cc(C(C)(C)C)ccc1OCc1cc(=O)n2[nH]c(-c3ccccc3)nc2n1.Cc1cccc(OCc2cc(=O)n3[nH]c(-c4ccccc4)nc3n2)c1C.O=c1cc(COc2ccccc2Br)nc2nc(-c3ccccc3)[nH]n12. The Morgan fingerprint density at radius 3 is 0.957 bits per heavy atom. The summed E-state index contributed by atoms with van der Waals surface area (Å²) >= 11 is 9.80. The van der Waals surface area contributed by atoms with Gasteiger partial charge in [0, 0.05) is 64.6 Å². The largest absolute Gasteiger partial charge is 0.493 e. The van der Waals surface area contributed by atoms with E-state index in [0.717, 1.165) is 71.6 Å². The smallest absolute Gasteiger partial charge is 0.274 e. The van der Waals surface area contributed by atoms with Crippen LogP contribution >= 0.6 is 27.5 Å². The summed E-state index contributed by atoms with van der Waals surface area (Å²) in [5.74, 6) is 8.36. The van der Waals surface area contributed by atoms with Crippen molar-refractivity contribution in [3.05, 3.63) is 402 Å². The number of H-pyrrole nitrogens is 5. The van der Waals surface area contributed by atoms with Gasteiger partial charge in [-0.15, -0.1) is 0 Å². The first-order chi connectivity index (χ1) is 67.0. The lowest BCUT2D eigenvalue weighted by Crippen LogP contribution is -2.16. The van der Waals surface area contributed by atoms with E-state index in [1.165, 1.54) is 72.5 Å². The van der Waals surface area contributed by atoms with E-state index < -0.39 is 0 Å². The van der Waals surface area contributed by atoms with Gasteiger partial charge in [0.1, 0.15) is 61.8 Å². The third-order valence-electron chi connectivity index (χ3n) is 21.9. The first kappa shape index (κ1) is 95.4. The number of aromatic amines is 5. The lowest BCUT2D eigenvalue weighted by molar-refractivity contribution is -0.116. The predicted molar refractivity (Wildman–Crippen MR) is 534 cm³/mol. The van der Waals surface area contributed by atoms with E-state index in [0.29, 0.717) is 115 Å². The van der Waals surface area contributed by atoms with Gasteiger partial charge < -0.3 is 28.4 Å². The second kappa shape index (κ2) is 42.4. The predicted octanol–water partition coefficient (Wildman–Crippen LogP) is 18.4. The average Bonchev–Trinajstić information content (AvgIpc) is 1.74. The molecule has 32 nitrogen and oxygen atoms in total. The van der Waals surface area contributed by atoms with Gasteiger partial charge in [-0.2, -0.15) is 47.5 Å². The summed E-state index contributed by atoms with van der Waals surface area (Å²) < 4.78 is 41.9. The number of nitrogens with one attached hydrogen (secondary N) is 5. The Morgan fingerprint density at radius 1 is 0.324 bits per heavy atom. The minimum atomic E-state index is -0.281. The molecule has 0 atom stereocenters. The number of carbonyl (C=O) groups is 1. The molecule has 0 aliphatic carbocycles.